The Morgan fingerprint density at radius 1 is 1.16 bits per heavy atom. The van der Waals surface area contributed by atoms with Gasteiger partial charge in [0, 0.05) is 23.6 Å². The number of nitrogens with one attached hydrogen (secondary N) is 2. The van der Waals surface area contributed by atoms with Gasteiger partial charge in [-0.2, -0.15) is 0 Å². The van der Waals surface area contributed by atoms with Gasteiger partial charge in [0.15, 0.2) is 6.54 Å². The molecule has 31 heavy (non-hydrogen) atoms. The molecule has 1 saturated heterocycles. The average Bonchev–Trinajstić information content (AvgIpc) is 2.76. The molecule has 166 valence electrons. The van der Waals surface area contributed by atoms with Crippen molar-refractivity contribution in [3.63, 3.8) is 0 Å². The number of ether oxygens (including phenoxy) is 1. The fraction of sp³-hybridized carbons (Fsp3) is 0.500. The van der Waals surface area contributed by atoms with Crippen LogP contribution in [0.1, 0.15) is 54.8 Å². The third kappa shape index (κ3) is 4.63. The molecule has 2 aromatic carbocycles. The van der Waals surface area contributed by atoms with Gasteiger partial charge >= 0.3 is 0 Å². The number of carbonyl (C=O) groups is 1. The van der Waals surface area contributed by atoms with E-state index in [2.05, 4.69) is 30.4 Å². The van der Waals surface area contributed by atoms with Crippen LogP contribution in [0.25, 0.3) is 0 Å². The summed E-state index contributed by atoms with van der Waals surface area (Å²) in [5.74, 6) is 1.03. The number of benzene rings is 2. The van der Waals surface area contributed by atoms with Crippen LogP contribution in [0.3, 0.4) is 0 Å². The van der Waals surface area contributed by atoms with Gasteiger partial charge in [0.05, 0.1) is 19.3 Å². The molecule has 2 aromatic rings. The number of amides is 1. The van der Waals surface area contributed by atoms with Crippen LogP contribution in [0.4, 0.5) is 5.69 Å². The highest BCUT2D eigenvalue weighted by Gasteiger charge is 2.51. The summed E-state index contributed by atoms with van der Waals surface area (Å²) in [6.45, 7) is 5.28. The molecule has 0 bridgehead atoms. The number of hydrogen-bond acceptors (Lipinski definition) is 3. The zero-order chi connectivity index (χ0) is 22.0. The lowest BCUT2D eigenvalue weighted by Crippen LogP contribution is -3.16. The molecule has 2 aliphatic rings. The van der Waals surface area contributed by atoms with E-state index in [1.807, 2.05) is 31.2 Å². The standard InChI is InChI=1S/C26H34N2O3/c1-18-7-12-23(19(2)16-18)27-24(29)17-28-15-14-26(30)13-5-4-6-22(26)25(28)20-8-10-21(31-3)11-9-20/h7-12,16,22,25,30H,4-6,13-15,17H2,1-3H3,(H,27,29)/p+1/t22-,25+,26+/m1/s1. The summed E-state index contributed by atoms with van der Waals surface area (Å²) in [7, 11) is 1.67. The number of aryl methyl sites for hydroxylation is 2. The first-order valence-corrected chi connectivity index (χ1v) is 11.5. The minimum atomic E-state index is -0.615. The Bertz CT molecular complexity index is 927. The Morgan fingerprint density at radius 2 is 1.94 bits per heavy atom. The van der Waals surface area contributed by atoms with Crippen LogP contribution in [-0.4, -0.2) is 36.8 Å². The third-order valence-corrected chi connectivity index (χ3v) is 7.30. The highest BCUT2D eigenvalue weighted by molar-refractivity contribution is 5.92. The van der Waals surface area contributed by atoms with Gasteiger partial charge in [-0.15, -0.1) is 0 Å². The molecular weight excluding hydrogens is 388 g/mol. The van der Waals surface area contributed by atoms with E-state index in [1.54, 1.807) is 7.11 Å². The molecule has 2 fully saturated rings. The molecule has 1 aliphatic carbocycles. The van der Waals surface area contributed by atoms with Crippen molar-refractivity contribution in [2.75, 3.05) is 25.5 Å². The zero-order valence-electron chi connectivity index (χ0n) is 18.9. The summed E-state index contributed by atoms with van der Waals surface area (Å²) >= 11 is 0. The van der Waals surface area contributed by atoms with Gasteiger partial charge in [-0.1, -0.05) is 30.5 Å². The summed E-state index contributed by atoms with van der Waals surface area (Å²) in [6.07, 6.45) is 4.87. The molecule has 1 saturated carbocycles. The van der Waals surface area contributed by atoms with Gasteiger partial charge < -0.3 is 20.1 Å². The van der Waals surface area contributed by atoms with Gasteiger partial charge in [0.1, 0.15) is 11.8 Å². The average molecular weight is 424 g/mol. The number of likely N-dealkylation sites (tertiary alicyclic amines) is 1. The van der Waals surface area contributed by atoms with E-state index >= 15 is 0 Å². The van der Waals surface area contributed by atoms with E-state index in [1.165, 1.54) is 16.0 Å². The number of aliphatic hydroxyl groups is 1. The van der Waals surface area contributed by atoms with Gasteiger partial charge in [-0.25, -0.2) is 0 Å². The van der Waals surface area contributed by atoms with Gasteiger partial charge in [-0.3, -0.25) is 4.79 Å². The van der Waals surface area contributed by atoms with Crippen LogP contribution >= 0.6 is 0 Å². The van der Waals surface area contributed by atoms with Crippen molar-refractivity contribution in [2.24, 2.45) is 5.92 Å². The number of hydrogen-bond donors (Lipinski definition) is 3. The van der Waals surface area contributed by atoms with Crippen LogP contribution in [0, 0.1) is 19.8 Å². The molecule has 1 heterocycles. The van der Waals surface area contributed by atoms with Gasteiger partial charge in [0.2, 0.25) is 0 Å². The summed E-state index contributed by atoms with van der Waals surface area (Å²) in [6, 6.07) is 14.4. The highest BCUT2D eigenvalue weighted by atomic mass is 16.5. The number of piperidine rings is 1. The summed E-state index contributed by atoms with van der Waals surface area (Å²) in [4.78, 5) is 14.3. The Morgan fingerprint density at radius 3 is 2.65 bits per heavy atom. The first-order chi connectivity index (χ1) is 14.9. The van der Waals surface area contributed by atoms with Gasteiger partial charge in [-0.05, 0) is 62.6 Å². The monoisotopic (exact) mass is 423 g/mol. The predicted octanol–water partition coefficient (Wildman–Crippen LogP) is 3.20. The van der Waals surface area contributed by atoms with Crippen LogP contribution in [-0.2, 0) is 4.79 Å². The highest BCUT2D eigenvalue weighted by Crippen LogP contribution is 2.44. The predicted molar refractivity (Wildman–Crippen MR) is 123 cm³/mol. The number of quaternary nitrogens is 1. The van der Waals surface area contributed by atoms with E-state index in [4.69, 9.17) is 4.74 Å². The van der Waals surface area contributed by atoms with Crippen molar-refractivity contribution >= 4 is 11.6 Å². The maximum absolute atomic E-state index is 13.0. The van der Waals surface area contributed by atoms with Crippen molar-refractivity contribution in [1.82, 2.24) is 0 Å². The smallest absolute Gasteiger partial charge is 0.279 e. The summed E-state index contributed by atoms with van der Waals surface area (Å²) in [5, 5.41) is 14.5. The molecule has 5 nitrogen and oxygen atoms in total. The lowest BCUT2D eigenvalue weighted by atomic mass is 9.66. The van der Waals surface area contributed by atoms with Crippen molar-refractivity contribution < 1.29 is 19.5 Å². The molecular formula is C26H35N2O3+. The number of methoxy groups -OCH3 is 1. The van der Waals surface area contributed by atoms with E-state index in [0.29, 0.717) is 6.54 Å². The van der Waals surface area contributed by atoms with Crippen LogP contribution in [0.15, 0.2) is 42.5 Å². The van der Waals surface area contributed by atoms with E-state index in [0.717, 1.165) is 55.6 Å². The SMILES string of the molecule is COc1ccc([C@H]2[C@H]3CCCC[C@]3(O)CC[NH+]2CC(=O)Nc2ccc(C)cc2C)cc1. The number of carbonyl (C=O) groups excluding carboxylic acids is 1. The minimum absolute atomic E-state index is 0.0294. The fourth-order valence-electron chi connectivity index (χ4n) is 5.69. The first-order valence-electron chi connectivity index (χ1n) is 11.5. The molecule has 3 N–H and O–H groups in total. The minimum Gasteiger partial charge on any atom is -0.497 e. The number of fused-ring (bicyclic) bond motifs is 1. The second-order valence-electron chi connectivity index (χ2n) is 9.41. The fourth-order valence-corrected chi connectivity index (χ4v) is 5.69. The molecule has 1 amide bonds. The van der Waals surface area contributed by atoms with Crippen LogP contribution < -0.4 is 15.0 Å². The van der Waals surface area contributed by atoms with E-state index < -0.39 is 5.60 Å². The van der Waals surface area contributed by atoms with E-state index in [-0.39, 0.29) is 17.9 Å². The Hall–Kier alpha value is -2.37. The Kier molecular flexibility index (Phi) is 6.35. The molecule has 0 radical (unpaired) electrons. The third-order valence-electron chi connectivity index (χ3n) is 7.30. The van der Waals surface area contributed by atoms with Gasteiger partial charge in [0.25, 0.3) is 5.91 Å². The quantitative estimate of drug-likeness (QED) is 0.692. The lowest BCUT2D eigenvalue weighted by Gasteiger charge is -2.50. The van der Waals surface area contributed by atoms with Crippen molar-refractivity contribution in [3.8, 4) is 5.75 Å². The second-order valence-corrected chi connectivity index (χ2v) is 9.41. The van der Waals surface area contributed by atoms with Crippen molar-refractivity contribution in [2.45, 2.75) is 57.6 Å². The molecule has 1 aliphatic heterocycles. The molecule has 4 rings (SSSR count). The molecule has 1 unspecified atom stereocenters. The second kappa shape index (κ2) is 9.01. The maximum Gasteiger partial charge on any atom is 0.279 e. The normalized spacial score (nSPS) is 27.9. The van der Waals surface area contributed by atoms with Crippen LogP contribution in [0.2, 0.25) is 0 Å². The summed E-state index contributed by atoms with van der Waals surface area (Å²) in [5.41, 5.74) is 3.71. The zero-order valence-corrected chi connectivity index (χ0v) is 18.9. The van der Waals surface area contributed by atoms with Crippen molar-refractivity contribution in [1.29, 1.82) is 0 Å². The largest absolute Gasteiger partial charge is 0.497 e. The topological polar surface area (TPSA) is 63.0 Å². The van der Waals surface area contributed by atoms with E-state index in [9.17, 15) is 9.90 Å². The Balaban J connectivity index is 1.57. The van der Waals surface area contributed by atoms with Crippen LogP contribution in [0.5, 0.6) is 5.75 Å². The number of anilines is 1. The maximum atomic E-state index is 13.0. The molecule has 0 aromatic heterocycles. The lowest BCUT2D eigenvalue weighted by molar-refractivity contribution is -0.937. The number of rotatable bonds is 5. The first kappa shape index (κ1) is 21.8. The molecule has 5 heteroatoms. The van der Waals surface area contributed by atoms with Crippen molar-refractivity contribution in [3.05, 3.63) is 59.2 Å². The molecule has 4 atom stereocenters. The molecule has 0 spiro atoms. The Labute approximate surface area is 185 Å². The summed E-state index contributed by atoms with van der Waals surface area (Å²) < 4.78 is 5.34.